The number of carboxylic acid groups (broad SMARTS) is 1. The molecule has 0 saturated carbocycles. The van der Waals surface area contributed by atoms with Gasteiger partial charge in [-0.15, -0.1) is 0 Å². The van der Waals surface area contributed by atoms with Gasteiger partial charge >= 0.3 is 11.9 Å². The Morgan fingerprint density at radius 2 is 1.53 bits per heavy atom. The van der Waals surface area contributed by atoms with Crippen LogP contribution < -0.4 is 10.5 Å². The van der Waals surface area contributed by atoms with E-state index >= 15 is 0 Å². The fourth-order valence-electron chi connectivity index (χ4n) is 2.19. The number of hydrogen-bond acceptors (Lipinski definition) is 5. The van der Waals surface area contributed by atoms with Gasteiger partial charge in [-0.05, 0) is 81.1 Å². The van der Waals surface area contributed by atoms with Gasteiger partial charge in [-0.3, -0.25) is 0 Å². The van der Waals surface area contributed by atoms with E-state index in [0.29, 0.717) is 24.5 Å². The number of aromatic carboxylic acids is 1. The molecular weight excluding hydrogens is 450 g/mol. The molecule has 7 heteroatoms. The first-order chi connectivity index (χ1) is 14.3. The highest BCUT2D eigenvalue weighted by molar-refractivity contribution is 9.10. The van der Waals surface area contributed by atoms with Crippen LogP contribution in [0.25, 0.3) is 0 Å². The van der Waals surface area contributed by atoms with Crippen molar-refractivity contribution in [2.24, 2.45) is 0 Å². The molecule has 2 aromatic rings. The lowest BCUT2D eigenvalue weighted by Crippen LogP contribution is -2.06. The molecule has 6 nitrogen and oxygen atoms in total. The lowest BCUT2D eigenvalue weighted by molar-refractivity contribution is -0.139. The number of carbonyl (C=O) groups is 2. The van der Waals surface area contributed by atoms with Gasteiger partial charge in [0.1, 0.15) is 5.75 Å². The van der Waals surface area contributed by atoms with Crippen LogP contribution in [0.2, 0.25) is 0 Å². The van der Waals surface area contributed by atoms with Crippen LogP contribution in [0.15, 0.2) is 65.2 Å². The average molecular weight is 478 g/mol. The Kier molecular flexibility index (Phi) is 12.0. The van der Waals surface area contributed by atoms with Crippen LogP contribution in [-0.2, 0) is 9.53 Å². The zero-order valence-corrected chi connectivity index (χ0v) is 18.7. The first-order valence-electron chi connectivity index (χ1n) is 9.59. The second-order valence-corrected chi connectivity index (χ2v) is 7.48. The summed E-state index contributed by atoms with van der Waals surface area (Å²) < 4.78 is 11.6. The molecule has 0 aliphatic heterocycles. The third-order valence-corrected chi connectivity index (χ3v) is 4.39. The fourth-order valence-corrected chi connectivity index (χ4v) is 2.46. The molecule has 0 aliphatic carbocycles. The average Bonchev–Trinajstić information content (AvgIpc) is 2.72. The lowest BCUT2D eigenvalue weighted by atomic mass is 10.2. The Morgan fingerprint density at radius 1 is 0.967 bits per heavy atom. The number of unbranched alkanes of at least 4 members (excludes halogenated alkanes) is 3. The maximum absolute atomic E-state index is 11.1. The van der Waals surface area contributed by atoms with Crippen molar-refractivity contribution in [2.45, 2.75) is 32.6 Å². The van der Waals surface area contributed by atoms with E-state index in [1.165, 1.54) is 12.1 Å². The topological polar surface area (TPSA) is 98.8 Å². The third-order valence-electron chi connectivity index (χ3n) is 3.86. The SMILES string of the molecule is C=C(C)C(=O)OCCCCCCOc1ccc(C(=O)O)cc1.Nc1ccc(Br)cc1. The van der Waals surface area contributed by atoms with Gasteiger partial charge in [0.25, 0.3) is 0 Å². The molecule has 2 aromatic carbocycles. The molecule has 0 radical (unpaired) electrons. The Balaban J connectivity index is 0.000000467. The predicted octanol–water partition coefficient (Wildman–Crippen LogP) is 5.47. The minimum atomic E-state index is -0.945. The number of carboxylic acids is 1. The summed E-state index contributed by atoms with van der Waals surface area (Å²) in [6.07, 6.45) is 3.67. The Bertz CT molecular complexity index is 782. The van der Waals surface area contributed by atoms with Crippen LogP contribution in [0, 0.1) is 0 Å². The number of anilines is 1. The molecule has 0 spiro atoms. The summed E-state index contributed by atoms with van der Waals surface area (Å²) in [5.41, 5.74) is 6.87. The van der Waals surface area contributed by atoms with Crippen molar-refractivity contribution < 1.29 is 24.2 Å². The fraction of sp³-hybridized carbons (Fsp3) is 0.304. The first kappa shape index (κ1) is 25.2. The first-order valence-corrected chi connectivity index (χ1v) is 10.4. The zero-order valence-electron chi connectivity index (χ0n) is 17.1. The van der Waals surface area contributed by atoms with Gasteiger partial charge in [-0.25, -0.2) is 9.59 Å². The van der Waals surface area contributed by atoms with Crippen molar-refractivity contribution in [3.05, 3.63) is 70.7 Å². The van der Waals surface area contributed by atoms with Gasteiger partial charge in [0.05, 0.1) is 18.8 Å². The van der Waals surface area contributed by atoms with Crippen molar-refractivity contribution >= 4 is 33.6 Å². The van der Waals surface area contributed by atoms with Crippen molar-refractivity contribution in [3.8, 4) is 5.75 Å². The number of ether oxygens (including phenoxy) is 2. The highest BCUT2D eigenvalue weighted by Crippen LogP contribution is 2.13. The minimum Gasteiger partial charge on any atom is -0.494 e. The number of nitrogen functional groups attached to an aromatic ring is 1. The third kappa shape index (κ3) is 11.3. The Hall–Kier alpha value is -2.80. The maximum Gasteiger partial charge on any atom is 0.335 e. The van der Waals surface area contributed by atoms with Crippen LogP contribution >= 0.6 is 15.9 Å². The number of rotatable bonds is 10. The van der Waals surface area contributed by atoms with Gasteiger partial charge in [-0.1, -0.05) is 22.5 Å². The molecule has 3 N–H and O–H groups in total. The number of halogens is 1. The smallest absolute Gasteiger partial charge is 0.335 e. The molecule has 0 saturated heterocycles. The van der Waals surface area contributed by atoms with Gasteiger partial charge in [0, 0.05) is 15.7 Å². The molecule has 0 aliphatic rings. The number of esters is 1. The van der Waals surface area contributed by atoms with E-state index in [2.05, 4.69) is 22.5 Å². The summed E-state index contributed by atoms with van der Waals surface area (Å²) in [5.74, 6) is -0.618. The highest BCUT2D eigenvalue weighted by atomic mass is 79.9. The minimum absolute atomic E-state index is 0.247. The Morgan fingerprint density at radius 3 is 2.03 bits per heavy atom. The number of nitrogens with two attached hydrogens (primary N) is 1. The monoisotopic (exact) mass is 477 g/mol. The van der Waals surface area contributed by atoms with Crippen LogP contribution in [0.1, 0.15) is 43.0 Å². The molecule has 30 heavy (non-hydrogen) atoms. The van der Waals surface area contributed by atoms with E-state index in [1.54, 1.807) is 19.1 Å². The van der Waals surface area contributed by atoms with Gasteiger partial charge in [0.2, 0.25) is 0 Å². The van der Waals surface area contributed by atoms with Crippen molar-refractivity contribution in [1.82, 2.24) is 0 Å². The van der Waals surface area contributed by atoms with Crippen LogP contribution in [0.4, 0.5) is 5.69 Å². The summed E-state index contributed by atoms with van der Waals surface area (Å²) in [7, 11) is 0. The lowest BCUT2D eigenvalue weighted by Gasteiger charge is -2.07. The Labute approximate surface area is 185 Å². The molecule has 0 aromatic heterocycles. The second-order valence-electron chi connectivity index (χ2n) is 6.56. The normalized spacial score (nSPS) is 9.80. The number of hydrogen-bond donors (Lipinski definition) is 2. The molecule has 162 valence electrons. The van der Waals surface area contributed by atoms with E-state index in [0.717, 1.165) is 35.8 Å². The second kappa shape index (κ2) is 14.2. The molecule has 0 amide bonds. The van der Waals surface area contributed by atoms with Gasteiger partial charge < -0.3 is 20.3 Å². The summed E-state index contributed by atoms with van der Waals surface area (Å²) >= 11 is 3.29. The van der Waals surface area contributed by atoms with Crippen LogP contribution in [-0.4, -0.2) is 30.3 Å². The number of benzene rings is 2. The maximum atomic E-state index is 11.1. The highest BCUT2D eigenvalue weighted by Gasteiger charge is 2.03. The van der Waals surface area contributed by atoms with Crippen LogP contribution in [0.3, 0.4) is 0 Å². The zero-order chi connectivity index (χ0) is 22.4. The molecular formula is C23H28BrNO5. The molecule has 0 heterocycles. The molecule has 0 bridgehead atoms. The van der Waals surface area contributed by atoms with E-state index in [1.807, 2.05) is 24.3 Å². The van der Waals surface area contributed by atoms with Gasteiger partial charge in [-0.2, -0.15) is 0 Å². The molecule has 0 fully saturated rings. The quantitative estimate of drug-likeness (QED) is 0.203. The molecule has 0 atom stereocenters. The van der Waals surface area contributed by atoms with E-state index in [-0.39, 0.29) is 11.5 Å². The summed E-state index contributed by atoms with van der Waals surface area (Å²) in [4.78, 5) is 21.8. The van der Waals surface area contributed by atoms with Gasteiger partial charge in [0.15, 0.2) is 0 Å². The van der Waals surface area contributed by atoms with E-state index < -0.39 is 5.97 Å². The summed E-state index contributed by atoms with van der Waals surface area (Å²) in [6.45, 7) is 6.14. The molecule has 2 rings (SSSR count). The van der Waals surface area contributed by atoms with Crippen molar-refractivity contribution in [2.75, 3.05) is 18.9 Å². The molecule has 0 unspecified atom stereocenters. The summed E-state index contributed by atoms with van der Waals surface area (Å²) in [5, 5.41) is 8.78. The van der Waals surface area contributed by atoms with Crippen LogP contribution in [0.5, 0.6) is 5.75 Å². The van der Waals surface area contributed by atoms with E-state index in [4.69, 9.17) is 20.3 Å². The van der Waals surface area contributed by atoms with Crippen molar-refractivity contribution in [3.63, 3.8) is 0 Å². The largest absolute Gasteiger partial charge is 0.494 e. The van der Waals surface area contributed by atoms with E-state index in [9.17, 15) is 9.59 Å². The number of carbonyl (C=O) groups excluding carboxylic acids is 1. The van der Waals surface area contributed by atoms with Crippen molar-refractivity contribution in [1.29, 1.82) is 0 Å². The standard InChI is InChI=1S/C17H22O5.C6H6BrN/c1-13(2)17(20)22-12-6-4-3-5-11-21-15-9-7-14(8-10-15)16(18)19;7-5-1-3-6(8)4-2-5/h7-10H,1,3-6,11-12H2,2H3,(H,18,19);1-4H,8H2. The summed E-state index contributed by atoms with van der Waals surface area (Å²) in [6, 6.07) is 13.9. The predicted molar refractivity (Wildman–Crippen MR) is 122 cm³/mol.